The summed E-state index contributed by atoms with van der Waals surface area (Å²) in [4.78, 5) is 26.6. The first-order valence-corrected chi connectivity index (χ1v) is 7.59. The molecule has 2 aromatic carbocycles. The van der Waals surface area contributed by atoms with Crippen molar-refractivity contribution in [2.75, 3.05) is 7.11 Å². The quantitative estimate of drug-likeness (QED) is 0.207. The van der Waals surface area contributed by atoms with E-state index < -0.39 is 10.9 Å². The zero-order chi connectivity index (χ0) is 19.1. The van der Waals surface area contributed by atoms with Gasteiger partial charge in [-0.1, -0.05) is 28.9 Å². The molecule has 0 saturated carbocycles. The number of benzene rings is 2. The number of nitro benzene ring substituents is 1. The van der Waals surface area contributed by atoms with Crippen LogP contribution in [0.25, 0.3) is 6.08 Å². The summed E-state index contributed by atoms with van der Waals surface area (Å²) < 4.78 is 5.14. The number of carbonyl (C=O) groups is 1. The van der Waals surface area contributed by atoms with E-state index >= 15 is 0 Å². The smallest absolute Gasteiger partial charge is 0.358 e. The summed E-state index contributed by atoms with van der Waals surface area (Å²) >= 11 is 5.90. The van der Waals surface area contributed by atoms with Gasteiger partial charge in [0.05, 0.1) is 17.6 Å². The van der Waals surface area contributed by atoms with Gasteiger partial charge in [0.1, 0.15) is 5.75 Å². The maximum atomic E-state index is 11.7. The number of hydrogen-bond acceptors (Lipinski definition) is 6. The van der Waals surface area contributed by atoms with Gasteiger partial charge < -0.3 is 15.3 Å². The van der Waals surface area contributed by atoms with Crippen LogP contribution in [0.3, 0.4) is 0 Å². The molecule has 0 aliphatic carbocycles. The standard InChI is InChI=1S/C17H14ClN3O5/c1-25-15-7-6-12(18)10-14(15)17(19)20-26-16(22)8-5-11-3-2-4-13(9-11)21(23)24/h2-10H,1H3,(H2,19,20)/b8-5-. The van der Waals surface area contributed by atoms with Crippen molar-refractivity contribution in [3.63, 3.8) is 0 Å². The van der Waals surface area contributed by atoms with Crippen molar-refractivity contribution in [3.05, 3.63) is 74.8 Å². The first kappa shape index (κ1) is 18.9. The highest BCUT2D eigenvalue weighted by Crippen LogP contribution is 2.22. The average molecular weight is 376 g/mol. The van der Waals surface area contributed by atoms with Gasteiger partial charge in [-0.15, -0.1) is 0 Å². The summed E-state index contributed by atoms with van der Waals surface area (Å²) in [5, 5.41) is 14.7. The molecule has 9 heteroatoms. The summed E-state index contributed by atoms with van der Waals surface area (Å²) in [6.45, 7) is 0. The fourth-order valence-corrected chi connectivity index (χ4v) is 2.13. The molecular weight excluding hydrogens is 362 g/mol. The second-order valence-corrected chi connectivity index (χ2v) is 5.35. The van der Waals surface area contributed by atoms with E-state index in [0.717, 1.165) is 6.08 Å². The Bertz CT molecular complexity index is 896. The number of rotatable bonds is 6. The molecule has 26 heavy (non-hydrogen) atoms. The van der Waals surface area contributed by atoms with E-state index in [0.29, 0.717) is 21.9 Å². The van der Waals surface area contributed by atoms with Gasteiger partial charge in [0.25, 0.3) is 5.69 Å². The molecule has 0 unspecified atom stereocenters. The van der Waals surface area contributed by atoms with Crippen LogP contribution in [0.15, 0.2) is 53.7 Å². The number of ether oxygens (including phenoxy) is 1. The summed E-state index contributed by atoms with van der Waals surface area (Å²) in [6.07, 6.45) is 2.44. The number of oxime groups is 1. The summed E-state index contributed by atoms with van der Waals surface area (Å²) in [5.74, 6) is -0.485. The minimum atomic E-state index is -0.805. The van der Waals surface area contributed by atoms with Crippen LogP contribution in [0.4, 0.5) is 5.69 Å². The van der Waals surface area contributed by atoms with Crippen LogP contribution in [0.5, 0.6) is 5.75 Å². The van der Waals surface area contributed by atoms with Crippen molar-refractivity contribution in [1.82, 2.24) is 0 Å². The molecule has 2 N–H and O–H groups in total. The van der Waals surface area contributed by atoms with Crippen LogP contribution in [-0.2, 0) is 9.63 Å². The Kier molecular flexibility index (Phi) is 6.29. The number of amidine groups is 1. The Morgan fingerprint density at radius 3 is 2.77 bits per heavy atom. The van der Waals surface area contributed by atoms with Crippen molar-refractivity contribution in [2.45, 2.75) is 0 Å². The van der Waals surface area contributed by atoms with Gasteiger partial charge in [-0.2, -0.15) is 0 Å². The normalized spacial score (nSPS) is 11.4. The number of nitro groups is 1. The second-order valence-electron chi connectivity index (χ2n) is 4.92. The van der Waals surface area contributed by atoms with Crippen molar-refractivity contribution >= 4 is 35.2 Å². The molecule has 0 heterocycles. The third-order valence-electron chi connectivity index (χ3n) is 3.16. The van der Waals surface area contributed by atoms with Gasteiger partial charge in [-0.05, 0) is 29.8 Å². The van der Waals surface area contributed by atoms with Crippen LogP contribution in [0, 0.1) is 10.1 Å². The van der Waals surface area contributed by atoms with Crippen LogP contribution in [-0.4, -0.2) is 23.8 Å². The predicted molar refractivity (Wildman–Crippen MR) is 97.0 cm³/mol. The number of hydrogen-bond donors (Lipinski definition) is 1. The van der Waals surface area contributed by atoms with Gasteiger partial charge in [0.15, 0.2) is 5.84 Å². The second kappa shape index (κ2) is 8.63. The lowest BCUT2D eigenvalue weighted by Gasteiger charge is -2.07. The van der Waals surface area contributed by atoms with E-state index in [-0.39, 0.29) is 11.5 Å². The van der Waals surface area contributed by atoms with Crippen LogP contribution < -0.4 is 10.5 Å². The largest absolute Gasteiger partial charge is 0.496 e. The van der Waals surface area contributed by atoms with E-state index in [4.69, 9.17) is 26.9 Å². The van der Waals surface area contributed by atoms with Crippen molar-refractivity contribution < 1.29 is 19.3 Å². The molecule has 134 valence electrons. The number of non-ortho nitro benzene ring substituents is 1. The van der Waals surface area contributed by atoms with Crippen molar-refractivity contribution in [2.24, 2.45) is 10.9 Å². The Balaban J connectivity index is 2.08. The molecule has 0 fully saturated rings. The molecule has 8 nitrogen and oxygen atoms in total. The first-order valence-electron chi connectivity index (χ1n) is 7.21. The summed E-state index contributed by atoms with van der Waals surface area (Å²) in [7, 11) is 1.45. The van der Waals surface area contributed by atoms with Crippen LogP contribution in [0.2, 0.25) is 5.02 Å². The van der Waals surface area contributed by atoms with Crippen molar-refractivity contribution in [3.8, 4) is 5.75 Å². The summed E-state index contributed by atoms with van der Waals surface area (Å²) in [6, 6.07) is 10.5. The number of nitrogens with zero attached hydrogens (tertiary/aromatic N) is 2. The lowest BCUT2D eigenvalue weighted by Crippen LogP contribution is -2.16. The fourth-order valence-electron chi connectivity index (χ4n) is 1.96. The monoisotopic (exact) mass is 375 g/mol. The molecular formula is C17H14ClN3O5. The van der Waals surface area contributed by atoms with E-state index in [9.17, 15) is 14.9 Å². The van der Waals surface area contributed by atoms with E-state index in [1.807, 2.05) is 0 Å². The van der Waals surface area contributed by atoms with Gasteiger partial charge in [0.2, 0.25) is 0 Å². The molecule has 0 aliphatic heterocycles. The Morgan fingerprint density at radius 2 is 2.08 bits per heavy atom. The Hall–Kier alpha value is -3.39. The minimum Gasteiger partial charge on any atom is -0.496 e. The molecule has 2 rings (SSSR count). The summed E-state index contributed by atoms with van der Waals surface area (Å²) in [5.41, 5.74) is 6.53. The minimum absolute atomic E-state index is 0.0872. The van der Waals surface area contributed by atoms with Crippen LogP contribution >= 0.6 is 11.6 Å². The van der Waals surface area contributed by atoms with Crippen molar-refractivity contribution in [1.29, 1.82) is 0 Å². The zero-order valence-corrected chi connectivity index (χ0v) is 14.3. The molecule has 0 aliphatic rings. The number of halogens is 1. The predicted octanol–water partition coefficient (Wildman–Crippen LogP) is 3.13. The molecule has 0 radical (unpaired) electrons. The SMILES string of the molecule is COc1ccc(Cl)cc1/C(N)=N/OC(=O)/C=C\c1cccc([N+](=O)[O-])c1. The third kappa shape index (κ3) is 5.05. The molecule has 0 spiro atoms. The maximum absolute atomic E-state index is 11.7. The molecule has 0 saturated heterocycles. The van der Waals surface area contributed by atoms with E-state index in [2.05, 4.69) is 5.16 Å². The maximum Gasteiger partial charge on any atom is 0.358 e. The van der Waals surface area contributed by atoms with Crippen LogP contribution in [0.1, 0.15) is 11.1 Å². The lowest BCUT2D eigenvalue weighted by atomic mass is 10.2. The highest BCUT2D eigenvalue weighted by molar-refractivity contribution is 6.31. The average Bonchev–Trinajstić information content (AvgIpc) is 2.64. The number of carbonyl (C=O) groups excluding carboxylic acids is 1. The molecule has 0 aromatic heterocycles. The third-order valence-corrected chi connectivity index (χ3v) is 3.40. The van der Waals surface area contributed by atoms with E-state index in [1.54, 1.807) is 18.2 Å². The molecule has 0 atom stereocenters. The molecule has 0 bridgehead atoms. The lowest BCUT2D eigenvalue weighted by molar-refractivity contribution is -0.384. The highest BCUT2D eigenvalue weighted by atomic mass is 35.5. The van der Waals surface area contributed by atoms with Gasteiger partial charge in [-0.3, -0.25) is 10.1 Å². The topological polar surface area (TPSA) is 117 Å². The highest BCUT2D eigenvalue weighted by Gasteiger charge is 2.09. The first-order chi connectivity index (χ1) is 12.4. The fraction of sp³-hybridized carbons (Fsp3) is 0.0588. The number of nitrogens with two attached hydrogens (primary N) is 1. The van der Waals surface area contributed by atoms with Gasteiger partial charge in [0, 0.05) is 23.2 Å². The van der Waals surface area contributed by atoms with Gasteiger partial charge in [-0.25, -0.2) is 4.79 Å². The Morgan fingerprint density at radius 1 is 1.31 bits per heavy atom. The molecule has 0 amide bonds. The van der Waals surface area contributed by atoms with Gasteiger partial charge >= 0.3 is 5.97 Å². The molecule has 2 aromatic rings. The zero-order valence-electron chi connectivity index (χ0n) is 13.6. The Labute approximate surface area is 153 Å². The number of methoxy groups -OCH3 is 1. The van der Waals surface area contributed by atoms with E-state index in [1.165, 1.54) is 37.5 Å².